The number of amides is 1. The number of sulfonamides is 2. The molecule has 0 bridgehead atoms. The van der Waals surface area contributed by atoms with E-state index in [0.29, 0.717) is 18.7 Å². The summed E-state index contributed by atoms with van der Waals surface area (Å²) >= 11 is 0. The van der Waals surface area contributed by atoms with Crippen LogP contribution in [0.3, 0.4) is 0 Å². The molecular weight excluding hydrogens is 450 g/mol. The van der Waals surface area contributed by atoms with Crippen LogP contribution in [0, 0.1) is 0 Å². The molecule has 10 heteroatoms. The van der Waals surface area contributed by atoms with E-state index in [2.05, 4.69) is 10.0 Å². The fourth-order valence-electron chi connectivity index (χ4n) is 3.56. The Bertz CT molecular complexity index is 1140. The molecule has 1 aliphatic heterocycles. The van der Waals surface area contributed by atoms with E-state index in [1.54, 1.807) is 36.4 Å². The first-order valence-corrected chi connectivity index (χ1v) is 13.7. The Balaban J connectivity index is 1.65. The van der Waals surface area contributed by atoms with Gasteiger partial charge in [-0.25, -0.2) is 21.6 Å². The van der Waals surface area contributed by atoms with Crippen molar-refractivity contribution in [2.24, 2.45) is 0 Å². The highest BCUT2D eigenvalue weighted by atomic mass is 32.2. The minimum atomic E-state index is -3.63. The largest absolute Gasteiger partial charge is 0.348 e. The second-order valence-electron chi connectivity index (χ2n) is 7.81. The summed E-state index contributed by atoms with van der Waals surface area (Å²) in [7, 11) is -5.61. The number of nitrogens with zero attached hydrogens (tertiary/aromatic N) is 1. The molecule has 2 N–H and O–H groups in total. The number of rotatable bonds is 8. The first-order valence-electron chi connectivity index (χ1n) is 10.6. The van der Waals surface area contributed by atoms with Gasteiger partial charge in [0.25, 0.3) is 5.91 Å². The summed E-state index contributed by atoms with van der Waals surface area (Å²) in [5, 5.41) is 2.78. The average Bonchev–Trinajstić information content (AvgIpc) is 3.08. The molecule has 0 atom stereocenters. The number of benzene rings is 2. The molecule has 0 radical (unpaired) electrons. The van der Waals surface area contributed by atoms with E-state index in [0.717, 1.165) is 31.2 Å². The topological polar surface area (TPSA) is 113 Å². The zero-order valence-electron chi connectivity index (χ0n) is 18.1. The van der Waals surface area contributed by atoms with E-state index in [-0.39, 0.29) is 28.7 Å². The van der Waals surface area contributed by atoms with Gasteiger partial charge in [-0.3, -0.25) is 4.79 Å². The second-order valence-corrected chi connectivity index (χ2v) is 11.7. The smallest absolute Gasteiger partial charge is 0.251 e. The first-order chi connectivity index (χ1) is 15.2. The molecule has 1 fully saturated rings. The van der Waals surface area contributed by atoms with Gasteiger partial charge < -0.3 is 5.32 Å². The van der Waals surface area contributed by atoms with Crippen LogP contribution in [0.4, 0.5) is 0 Å². The third-order valence-electron chi connectivity index (χ3n) is 5.44. The Morgan fingerprint density at radius 2 is 1.53 bits per heavy atom. The molecule has 0 aromatic heterocycles. The number of hydrogen-bond donors (Lipinski definition) is 2. The Morgan fingerprint density at radius 3 is 2.16 bits per heavy atom. The predicted molar refractivity (Wildman–Crippen MR) is 123 cm³/mol. The number of hydrogen-bond acceptors (Lipinski definition) is 5. The monoisotopic (exact) mass is 479 g/mol. The SMILES string of the molecule is CNS(=O)(=O)Cc1ccc(CNC(=O)c2cccc(S(=O)(=O)N3CCCCCC3)c2)cc1. The maximum Gasteiger partial charge on any atom is 0.251 e. The van der Waals surface area contributed by atoms with Gasteiger partial charge in [0.1, 0.15) is 0 Å². The summed E-state index contributed by atoms with van der Waals surface area (Å²) in [6.07, 6.45) is 3.75. The van der Waals surface area contributed by atoms with E-state index < -0.39 is 20.0 Å². The number of carbonyl (C=O) groups is 1. The van der Waals surface area contributed by atoms with Crippen LogP contribution in [-0.4, -0.2) is 47.2 Å². The molecule has 174 valence electrons. The molecule has 1 saturated heterocycles. The van der Waals surface area contributed by atoms with E-state index in [1.807, 2.05) is 0 Å². The van der Waals surface area contributed by atoms with Crippen LogP contribution in [0.15, 0.2) is 53.4 Å². The van der Waals surface area contributed by atoms with Crippen molar-refractivity contribution in [2.75, 3.05) is 20.1 Å². The first kappa shape index (κ1) is 24.4. The molecular formula is C22H29N3O5S2. The van der Waals surface area contributed by atoms with Crippen LogP contribution in [0.1, 0.15) is 47.2 Å². The van der Waals surface area contributed by atoms with Crippen molar-refractivity contribution in [1.29, 1.82) is 0 Å². The lowest BCUT2D eigenvalue weighted by Gasteiger charge is -2.20. The second kappa shape index (κ2) is 10.6. The minimum absolute atomic E-state index is 0.117. The van der Waals surface area contributed by atoms with Gasteiger partial charge in [-0.1, -0.05) is 43.2 Å². The van der Waals surface area contributed by atoms with Crippen molar-refractivity contribution in [1.82, 2.24) is 14.3 Å². The summed E-state index contributed by atoms with van der Waals surface area (Å²) in [5.41, 5.74) is 1.72. The Morgan fingerprint density at radius 1 is 0.906 bits per heavy atom. The third kappa shape index (κ3) is 6.38. The van der Waals surface area contributed by atoms with E-state index >= 15 is 0 Å². The molecule has 1 heterocycles. The summed E-state index contributed by atoms with van der Waals surface area (Å²) in [5.74, 6) is -0.492. The van der Waals surface area contributed by atoms with Gasteiger partial charge in [0, 0.05) is 25.2 Å². The zero-order chi connectivity index (χ0) is 23.2. The van der Waals surface area contributed by atoms with Crippen LogP contribution >= 0.6 is 0 Å². The molecule has 2 aromatic rings. The fourth-order valence-corrected chi connectivity index (χ4v) is 5.90. The van der Waals surface area contributed by atoms with E-state index in [4.69, 9.17) is 0 Å². The molecule has 0 aliphatic carbocycles. The molecule has 1 amide bonds. The highest BCUT2D eigenvalue weighted by Gasteiger charge is 2.25. The molecule has 1 aliphatic rings. The molecule has 8 nitrogen and oxygen atoms in total. The van der Waals surface area contributed by atoms with Crippen molar-refractivity contribution in [2.45, 2.75) is 42.9 Å². The summed E-state index contributed by atoms with van der Waals surface area (Å²) < 4.78 is 53.0. The highest BCUT2D eigenvalue weighted by Crippen LogP contribution is 2.21. The van der Waals surface area contributed by atoms with Crippen LogP contribution in [-0.2, 0) is 32.3 Å². The molecule has 0 saturated carbocycles. The normalized spacial score (nSPS) is 15.8. The Kier molecular flexibility index (Phi) is 8.05. The zero-order valence-corrected chi connectivity index (χ0v) is 19.7. The Hall–Kier alpha value is -2.27. The van der Waals surface area contributed by atoms with Gasteiger partial charge >= 0.3 is 0 Å². The standard InChI is InChI=1S/C22H29N3O5S2/c1-23-31(27,28)17-19-11-9-18(10-12-19)16-24-22(26)20-7-6-8-21(15-20)32(29,30)25-13-4-2-3-5-14-25/h6-12,15,23H,2-5,13-14,16-17H2,1H3,(H,24,26). The quantitative estimate of drug-likeness (QED) is 0.603. The highest BCUT2D eigenvalue weighted by molar-refractivity contribution is 7.89. The van der Waals surface area contributed by atoms with E-state index in [9.17, 15) is 21.6 Å². The van der Waals surface area contributed by atoms with Crippen molar-refractivity contribution < 1.29 is 21.6 Å². The van der Waals surface area contributed by atoms with Crippen LogP contribution in [0.2, 0.25) is 0 Å². The van der Waals surface area contributed by atoms with E-state index in [1.165, 1.54) is 23.5 Å². The molecule has 3 rings (SSSR count). The summed E-state index contributed by atoms with van der Waals surface area (Å²) in [4.78, 5) is 12.7. The average molecular weight is 480 g/mol. The number of carbonyl (C=O) groups excluding carboxylic acids is 1. The van der Waals surface area contributed by atoms with Crippen molar-refractivity contribution in [3.63, 3.8) is 0 Å². The van der Waals surface area contributed by atoms with Crippen molar-refractivity contribution in [3.8, 4) is 0 Å². The lowest BCUT2D eigenvalue weighted by Crippen LogP contribution is -2.32. The van der Waals surface area contributed by atoms with Crippen molar-refractivity contribution in [3.05, 3.63) is 65.2 Å². The fraction of sp³-hybridized carbons (Fsp3) is 0.409. The summed E-state index contributed by atoms with van der Waals surface area (Å²) in [6, 6.07) is 13.0. The van der Waals surface area contributed by atoms with Gasteiger partial charge in [0.05, 0.1) is 10.6 Å². The van der Waals surface area contributed by atoms with Gasteiger partial charge in [-0.2, -0.15) is 4.31 Å². The molecule has 2 aromatic carbocycles. The Labute approximate surface area is 190 Å². The molecule has 0 unspecified atom stereocenters. The van der Waals surface area contributed by atoms with Crippen LogP contribution in [0.5, 0.6) is 0 Å². The van der Waals surface area contributed by atoms with Gasteiger partial charge in [-0.15, -0.1) is 0 Å². The van der Waals surface area contributed by atoms with Crippen molar-refractivity contribution >= 4 is 26.0 Å². The lowest BCUT2D eigenvalue weighted by molar-refractivity contribution is 0.0950. The summed E-state index contributed by atoms with van der Waals surface area (Å²) in [6.45, 7) is 1.25. The van der Waals surface area contributed by atoms with Crippen LogP contribution in [0.25, 0.3) is 0 Å². The van der Waals surface area contributed by atoms with Gasteiger partial charge in [0.2, 0.25) is 20.0 Å². The van der Waals surface area contributed by atoms with Gasteiger partial charge in [-0.05, 0) is 49.2 Å². The maximum atomic E-state index is 13.0. The minimum Gasteiger partial charge on any atom is -0.348 e. The molecule has 32 heavy (non-hydrogen) atoms. The lowest BCUT2D eigenvalue weighted by atomic mass is 10.1. The predicted octanol–water partition coefficient (Wildman–Crippen LogP) is 2.23. The van der Waals surface area contributed by atoms with Crippen LogP contribution < -0.4 is 10.0 Å². The third-order valence-corrected chi connectivity index (χ3v) is 8.67. The molecule has 0 spiro atoms. The maximum absolute atomic E-state index is 13.0. The number of nitrogens with one attached hydrogen (secondary N) is 2. The van der Waals surface area contributed by atoms with Gasteiger partial charge in [0.15, 0.2) is 0 Å².